The van der Waals surface area contributed by atoms with Gasteiger partial charge in [0.05, 0.1) is 36.6 Å². The van der Waals surface area contributed by atoms with E-state index in [0.29, 0.717) is 31.0 Å². The number of hydrogen-bond donors (Lipinski definition) is 2. The number of benzene rings is 1. The van der Waals surface area contributed by atoms with Crippen molar-refractivity contribution in [2.75, 3.05) is 26.3 Å². The first-order chi connectivity index (χ1) is 12.7. The molecule has 1 saturated heterocycles. The van der Waals surface area contributed by atoms with E-state index in [1.165, 1.54) is 0 Å². The van der Waals surface area contributed by atoms with Gasteiger partial charge in [-0.15, -0.1) is 0 Å². The molecule has 0 aromatic heterocycles. The summed E-state index contributed by atoms with van der Waals surface area (Å²) in [5.41, 5.74) is 2.17. The number of carbonyl (C=O) groups excluding carboxylic acids is 2. The molecule has 138 valence electrons. The Labute approximate surface area is 152 Å². The van der Waals surface area contributed by atoms with E-state index in [1.54, 1.807) is 4.90 Å². The van der Waals surface area contributed by atoms with Crippen molar-refractivity contribution in [2.24, 2.45) is 0 Å². The molecule has 4 rings (SSSR count). The van der Waals surface area contributed by atoms with E-state index in [1.807, 2.05) is 31.2 Å². The van der Waals surface area contributed by atoms with Crippen LogP contribution in [0, 0.1) is 0 Å². The largest absolute Gasteiger partial charge is 0.494 e. The molecule has 3 aliphatic rings. The van der Waals surface area contributed by atoms with Gasteiger partial charge in [0, 0.05) is 13.2 Å². The quantitative estimate of drug-likeness (QED) is 0.841. The second-order valence-corrected chi connectivity index (χ2v) is 6.75. The Morgan fingerprint density at radius 1 is 1.27 bits per heavy atom. The third kappa shape index (κ3) is 3.14. The molecule has 2 N–H and O–H groups in total. The predicted molar refractivity (Wildman–Crippen MR) is 94.6 cm³/mol. The Balaban J connectivity index is 1.56. The fourth-order valence-electron chi connectivity index (χ4n) is 3.78. The van der Waals surface area contributed by atoms with E-state index in [4.69, 9.17) is 9.47 Å². The SMILES string of the molecule is CCOc1ccc(C2NC(=O)NC3=C2C(=O)N(CC2CCCO2)C3)cc1. The van der Waals surface area contributed by atoms with Crippen molar-refractivity contribution < 1.29 is 19.1 Å². The maximum Gasteiger partial charge on any atom is 0.319 e. The Kier molecular flexibility index (Phi) is 4.55. The summed E-state index contributed by atoms with van der Waals surface area (Å²) in [4.78, 5) is 26.8. The van der Waals surface area contributed by atoms with Crippen LogP contribution in [0.1, 0.15) is 31.4 Å². The number of hydrogen-bond acceptors (Lipinski definition) is 4. The number of rotatable bonds is 5. The summed E-state index contributed by atoms with van der Waals surface area (Å²) in [5.74, 6) is 0.727. The molecule has 2 unspecified atom stereocenters. The summed E-state index contributed by atoms with van der Waals surface area (Å²) in [6.45, 7) is 4.27. The molecule has 1 fully saturated rings. The molecule has 0 radical (unpaired) electrons. The van der Waals surface area contributed by atoms with Crippen LogP contribution in [0.5, 0.6) is 5.75 Å². The Hall–Kier alpha value is -2.54. The first-order valence-corrected chi connectivity index (χ1v) is 9.10. The topological polar surface area (TPSA) is 79.9 Å². The van der Waals surface area contributed by atoms with Crippen LogP contribution < -0.4 is 15.4 Å². The van der Waals surface area contributed by atoms with Crippen LogP contribution in [0.2, 0.25) is 0 Å². The van der Waals surface area contributed by atoms with E-state index < -0.39 is 6.04 Å². The zero-order valence-corrected chi connectivity index (χ0v) is 14.8. The average Bonchev–Trinajstić information content (AvgIpc) is 3.24. The molecule has 0 spiro atoms. The lowest BCUT2D eigenvalue weighted by molar-refractivity contribution is -0.127. The van der Waals surface area contributed by atoms with Crippen LogP contribution in [-0.2, 0) is 9.53 Å². The minimum Gasteiger partial charge on any atom is -0.494 e. The molecular weight excluding hydrogens is 334 g/mol. The van der Waals surface area contributed by atoms with Crippen molar-refractivity contribution in [3.05, 3.63) is 41.1 Å². The van der Waals surface area contributed by atoms with Gasteiger partial charge in [-0.05, 0) is 37.5 Å². The number of nitrogens with one attached hydrogen (secondary N) is 2. The van der Waals surface area contributed by atoms with Crippen molar-refractivity contribution in [3.63, 3.8) is 0 Å². The minimum atomic E-state index is -0.448. The molecule has 2 atom stereocenters. The number of nitrogens with zero attached hydrogens (tertiary/aromatic N) is 1. The van der Waals surface area contributed by atoms with Crippen molar-refractivity contribution in [2.45, 2.75) is 31.9 Å². The number of carbonyl (C=O) groups is 2. The van der Waals surface area contributed by atoms with Gasteiger partial charge in [0.1, 0.15) is 5.75 Å². The van der Waals surface area contributed by atoms with Crippen molar-refractivity contribution in [1.29, 1.82) is 0 Å². The first kappa shape index (κ1) is 16.9. The van der Waals surface area contributed by atoms with Crippen molar-refractivity contribution in [3.8, 4) is 5.75 Å². The molecule has 7 nitrogen and oxygen atoms in total. The monoisotopic (exact) mass is 357 g/mol. The standard InChI is InChI=1S/C19H23N3O4/c1-2-25-13-7-5-12(6-8-13)17-16-15(20-19(24)21-17)11-22(18(16)23)10-14-4-3-9-26-14/h5-8,14,17H,2-4,9-11H2,1H3,(H2,20,21,24). The molecule has 3 aliphatic heterocycles. The highest BCUT2D eigenvalue weighted by Gasteiger charge is 2.41. The van der Waals surface area contributed by atoms with Gasteiger partial charge < -0.3 is 25.0 Å². The predicted octanol–water partition coefficient (Wildman–Crippen LogP) is 1.71. The van der Waals surface area contributed by atoms with E-state index in [-0.39, 0.29) is 18.0 Å². The molecule has 1 aromatic carbocycles. The van der Waals surface area contributed by atoms with Crippen LogP contribution in [0.15, 0.2) is 35.5 Å². The highest BCUT2D eigenvalue weighted by atomic mass is 16.5. The van der Waals surface area contributed by atoms with Crippen LogP contribution in [0.25, 0.3) is 0 Å². The van der Waals surface area contributed by atoms with Gasteiger partial charge >= 0.3 is 6.03 Å². The lowest BCUT2D eigenvalue weighted by Gasteiger charge is -2.25. The molecule has 0 bridgehead atoms. The smallest absolute Gasteiger partial charge is 0.319 e. The molecule has 1 aromatic rings. The number of urea groups is 1. The van der Waals surface area contributed by atoms with Gasteiger partial charge in [-0.3, -0.25) is 4.79 Å². The highest BCUT2D eigenvalue weighted by Crippen LogP contribution is 2.33. The summed E-state index contributed by atoms with van der Waals surface area (Å²) in [6, 6.07) is 6.77. The summed E-state index contributed by atoms with van der Waals surface area (Å²) in [5, 5.41) is 5.67. The molecule has 3 heterocycles. The third-order valence-electron chi connectivity index (χ3n) is 4.99. The van der Waals surface area contributed by atoms with Crippen LogP contribution >= 0.6 is 0 Å². The lowest BCUT2D eigenvalue weighted by atomic mass is 9.96. The highest BCUT2D eigenvalue weighted by molar-refractivity contribution is 6.01. The van der Waals surface area contributed by atoms with Crippen molar-refractivity contribution in [1.82, 2.24) is 15.5 Å². The minimum absolute atomic E-state index is 0.0399. The van der Waals surface area contributed by atoms with E-state index in [2.05, 4.69) is 10.6 Å². The second-order valence-electron chi connectivity index (χ2n) is 6.75. The Morgan fingerprint density at radius 2 is 2.08 bits per heavy atom. The van der Waals surface area contributed by atoms with E-state index in [0.717, 1.165) is 30.8 Å². The fraction of sp³-hybridized carbons (Fsp3) is 0.474. The maximum absolute atomic E-state index is 13.0. The molecule has 0 aliphatic carbocycles. The molecule has 26 heavy (non-hydrogen) atoms. The van der Waals surface area contributed by atoms with Crippen molar-refractivity contribution >= 4 is 11.9 Å². The molecule has 0 saturated carbocycles. The molecule has 3 amide bonds. The van der Waals surface area contributed by atoms with E-state index >= 15 is 0 Å². The third-order valence-corrected chi connectivity index (χ3v) is 4.99. The number of ether oxygens (including phenoxy) is 2. The fourth-order valence-corrected chi connectivity index (χ4v) is 3.78. The van der Waals surface area contributed by atoms with Gasteiger partial charge in [-0.2, -0.15) is 0 Å². The lowest BCUT2D eigenvalue weighted by Crippen LogP contribution is -2.44. The van der Waals surface area contributed by atoms with Gasteiger partial charge in [-0.1, -0.05) is 12.1 Å². The Morgan fingerprint density at radius 3 is 2.77 bits per heavy atom. The van der Waals surface area contributed by atoms with Gasteiger partial charge in [-0.25, -0.2) is 4.79 Å². The van der Waals surface area contributed by atoms with Gasteiger partial charge in [0.15, 0.2) is 0 Å². The molecule has 7 heteroatoms. The summed E-state index contributed by atoms with van der Waals surface area (Å²) < 4.78 is 11.1. The first-order valence-electron chi connectivity index (χ1n) is 9.10. The van der Waals surface area contributed by atoms with Crippen LogP contribution in [0.3, 0.4) is 0 Å². The summed E-state index contributed by atoms with van der Waals surface area (Å²) in [6.07, 6.45) is 2.10. The summed E-state index contributed by atoms with van der Waals surface area (Å²) in [7, 11) is 0. The maximum atomic E-state index is 13.0. The Bertz CT molecular complexity index is 738. The summed E-state index contributed by atoms with van der Waals surface area (Å²) >= 11 is 0. The second kappa shape index (κ2) is 6.99. The zero-order valence-electron chi connectivity index (χ0n) is 14.8. The number of amides is 3. The van der Waals surface area contributed by atoms with E-state index in [9.17, 15) is 9.59 Å². The average molecular weight is 357 g/mol. The zero-order chi connectivity index (χ0) is 18.1. The molecular formula is C19H23N3O4. The van der Waals surface area contributed by atoms with Gasteiger partial charge in [0.25, 0.3) is 5.91 Å². The van der Waals surface area contributed by atoms with Gasteiger partial charge in [0.2, 0.25) is 0 Å². The van der Waals surface area contributed by atoms with Crippen LogP contribution in [-0.4, -0.2) is 49.2 Å². The van der Waals surface area contributed by atoms with Crippen LogP contribution in [0.4, 0.5) is 4.79 Å². The normalized spacial score (nSPS) is 25.2.